The number of hydrogen-bond acceptors (Lipinski definition) is 2. The Morgan fingerprint density at radius 2 is 2.00 bits per heavy atom. The number of carbonyl (C=O) groups excluding carboxylic acids is 1. The molecule has 0 atom stereocenters. The van der Waals surface area contributed by atoms with E-state index < -0.39 is 4.32 Å². The second kappa shape index (κ2) is 5.71. The SMILES string of the molecule is CC(C)N(C)CCNC(=O)C(C)(C)Br. The predicted octanol–water partition coefficient (Wildman–Crippen LogP) is 1.62. The molecule has 0 saturated heterocycles. The molecule has 0 unspecified atom stereocenters. The van der Waals surface area contributed by atoms with Gasteiger partial charge in [0.2, 0.25) is 5.91 Å². The third kappa shape index (κ3) is 5.60. The Labute approximate surface area is 95.4 Å². The number of alkyl halides is 1. The molecule has 3 nitrogen and oxygen atoms in total. The van der Waals surface area contributed by atoms with Crippen molar-refractivity contribution in [2.24, 2.45) is 0 Å². The van der Waals surface area contributed by atoms with Crippen LogP contribution >= 0.6 is 15.9 Å². The van der Waals surface area contributed by atoms with E-state index in [0.717, 1.165) is 6.54 Å². The molecule has 14 heavy (non-hydrogen) atoms. The molecule has 0 fully saturated rings. The maximum absolute atomic E-state index is 11.4. The van der Waals surface area contributed by atoms with Crippen LogP contribution in [0.15, 0.2) is 0 Å². The summed E-state index contributed by atoms with van der Waals surface area (Å²) in [6, 6.07) is 0.517. The number of halogens is 1. The van der Waals surface area contributed by atoms with Crippen LogP contribution in [0.4, 0.5) is 0 Å². The van der Waals surface area contributed by atoms with Gasteiger partial charge in [-0.25, -0.2) is 0 Å². The van der Waals surface area contributed by atoms with E-state index in [9.17, 15) is 4.79 Å². The lowest BCUT2D eigenvalue weighted by Gasteiger charge is -2.22. The molecule has 0 saturated carbocycles. The van der Waals surface area contributed by atoms with E-state index in [-0.39, 0.29) is 5.91 Å². The van der Waals surface area contributed by atoms with Crippen LogP contribution in [0.5, 0.6) is 0 Å². The van der Waals surface area contributed by atoms with Crippen LogP contribution in [0, 0.1) is 0 Å². The Morgan fingerprint density at radius 1 is 1.50 bits per heavy atom. The topological polar surface area (TPSA) is 32.3 Å². The number of carbonyl (C=O) groups is 1. The summed E-state index contributed by atoms with van der Waals surface area (Å²) in [4.78, 5) is 13.6. The lowest BCUT2D eigenvalue weighted by Crippen LogP contribution is -2.42. The van der Waals surface area contributed by atoms with E-state index in [0.29, 0.717) is 12.6 Å². The van der Waals surface area contributed by atoms with Gasteiger partial charge in [0.15, 0.2) is 0 Å². The summed E-state index contributed by atoms with van der Waals surface area (Å²) in [5, 5.41) is 2.88. The highest BCUT2D eigenvalue weighted by Gasteiger charge is 2.22. The summed E-state index contributed by atoms with van der Waals surface area (Å²) in [5.74, 6) is 0.0367. The smallest absolute Gasteiger partial charge is 0.236 e. The second-order valence-corrected chi connectivity index (χ2v) is 6.29. The molecule has 0 aromatic heterocycles. The fourth-order valence-electron chi connectivity index (χ4n) is 0.814. The summed E-state index contributed by atoms with van der Waals surface area (Å²) in [5.41, 5.74) is 0. The molecule has 0 aliphatic carbocycles. The zero-order chi connectivity index (χ0) is 11.4. The first kappa shape index (κ1) is 13.9. The Kier molecular flexibility index (Phi) is 5.67. The van der Waals surface area contributed by atoms with E-state index >= 15 is 0 Å². The Morgan fingerprint density at radius 3 is 2.36 bits per heavy atom. The van der Waals surface area contributed by atoms with Crippen molar-refractivity contribution in [2.75, 3.05) is 20.1 Å². The normalized spacial score (nSPS) is 12.3. The van der Waals surface area contributed by atoms with Gasteiger partial charge < -0.3 is 10.2 Å². The van der Waals surface area contributed by atoms with Gasteiger partial charge >= 0.3 is 0 Å². The zero-order valence-electron chi connectivity index (χ0n) is 9.72. The molecule has 0 spiro atoms. The summed E-state index contributed by atoms with van der Waals surface area (Å²) in [6.45, 7) is 9.53. The Bertz CT molecular complexity index is 187. The molecule has 1 amide bonds. The minimum Gasteiger partial charge on any atom is -0.354 e. The van der Waals surface area contributed by atoms with Gasteiger partial charge in [-0.3, -0.25) is 4.79 Å². The van der Waals surface area contributed by atoms with Crippen molar-refractivity contribution in [2.45, 2.75) is 38.1 Å². The van der Waals surface area contributed by atoms with E-state index in [2.05, 4.69) is 47.0 Å². The highest BCUT2D eigenvalue weighted by molar-refractivity contribution is 9.10. The first-order valence-electron chi connectivity index (χ1n) is 4.92. The molecule has 84 valence electrons. The fraction of sp³-hybridized carbons (Fsp3) is 0.900. The molecule has 0 bridgehead atoms. The molecule has 1 N–H and O–H groups in total. The molecule has 0 heterocycles. The minimum atomic E-state index is -0.469. The number of hydrogen-bond donors (Lipinski definition) is 1. The van der Waals surface area contributed by atoms with Gasteiger partial charge in [0.05, 0.1) is 4.32 Å². The standard InChI is InChI=1S/C10H21BrN2O/c1-8(2)13(5)7-6-12-9(14)10(3,4)11/h8H,6-7H2,1-5H3,(H,12,14). The lowest BCUT2D eigenvalue weighted by atomic mass is 10.2. The van der Waals surface area contributed by atoms with Crippen LogP contribution in [-0.4, -0.2) is 41.3 Å². The van der Waals surface area contributed by atoms with Crippen LogP contribution in [0.2, 0.25) is 0 Å². The average Bonchev–Trinajstić information content (AvgIpc) is 2.01. The van der Waals surface area contributed by atoms with Crippen molar-refractivity contribution in [1.29, 1.82) is 0 Å². The van der Waals surface area contributed by atoms with Crippen molar-refractivity contribution >= 4 is 21.8 Å². The van der Waals surface area contributed by atoms with E-state index in [1.54, 1.807) is 0 Å². The molecule has 0 aromatic rings. The van der Waals surface area contributed by atoms with Gasteiger partial charge in [-0.1, -0.05) is 15.9 Å². The molecule has 0 rings (SSSR count). The van der Waals surface area contributed by atoms with Gasteiger partial charge in [0, 0.05) is 19.1 Å². The number of likely N-dealkylation sites (N-methyl/N-ethyl adjacent to an activating group) is 1. The van der Waals surface area contributed by atoms with E-state index in [1.165, 1.54) is 0 Å². The largest absolute Gasteiger partial charge is 0.354 e. The molecule has 4 heteroatoms. The molecule has 0 aromatic carbocycles. The van der Waals surface area contributed by atoms with Crippen molar-refractivity contribution < 1.29 is 4.79 Å². The first-order valence-corrected chi connectivity index (χ1v) is 5.72. The number of rotatable bonds is 5. The van der Waals surface area contributed by atoms with Gasteiger partial charge in [0.1, 0.15) is 0 Å². The number of amides is 1. The Balaban J connectivity index is 3.71. The minimum absolute atomic E-state index is 0.0367. The average molecular weight is 265 g/mol. The molecule has 0 aliphatic heterocycles. The van der Waals surface area contributed by atoms with Crippen LogP contribution in [0.1, 0.15) is 27.7 Å². The summed E-state index contributed by atoms with van der Waals surface area (Å²) >= 11 is 3.31. The van der Waals surface area contributed by atoms with Crippen molar-refractivity contribution in [1.82, 2.24) is 10.2 Å². The van der Waals surface area contributed by atoms with Crippen LogP contribution in [0.3, 0.4) is 0 Å². The lowest BCUT2D eigenvalue weighted by molar-refractivity contribution is -0.122. The van der Waals surface area contributed by atoms with Crippen LogP contribution in [-0.2, 0) is 4.79 Å². The summed E-state index contributed by atoms with van der Waals surface area (Å²) in [6.07, 6.45) is 0. The van der Waals surface area contributed by atoms with E-state index in [1.807, 2.05) is 13.8 Å². The van der Waals surface area contributed by atoms with Crippen molar-refractivity contribution in [3.63, 3.8) is 0 Å². The highest BCUT2D eigenvalue weighted by Crippen LogP contribution is 2.14. The number of nitrogens with zero attached hydrogens (tertiary/aromatic N) is 1. The second-order valence-electron chi connectivity index (χ2n) is 4.30. The van der Waals surface area contributed by atoms with Crippen molar-refractivity contribution in [3.8, 4) is 0 Å². The number of nitrogens with one attached hydrogen (secondary N) is 1. The quantitative estimate of drug-likeness (QED) is 0.766. The predicted molar refractivity (Wildman–Crippen MR) is 63.8 cm³/mol. The summed E-state index contributed by atoms with van der Waals surface area (Å²) < 4.78 is -0.469. The monoisotopic (exact) mass is 264 g/mol. The first-order chi connectivity index (χ1) is 6.25. The van der Waals surface area contributed by atoms with Crippen LogP contribution < -0.4 is 5.32 Å². The van der Waals surface area contributed by atoms with E-state index in [4.69, 9.17) is 0 Å². The Hall–Kier alpha value is -0.0900. The maximum Gasteiger partial charge on any atom is 0.236 e. The van der Waals surface area contributed by atoms with Crippen LogP contribution in [0.25, 0.3) is 0 Å². The van der Waals surface area contributed by atoms with Gasteiger partial charge in [-0.2, -0.15) is 0 Å². The maximum atomic E-state index is 11.4. The molecular formula is C10H21BrN2O. The molecular weight excluding hydrogens is 244 g/mol. The van der Waals surface area contributed by atoms with Crippen molar-refractivity contribution in [3.05, 3.63) is 0 Å². The molecule has 0 aliphatic rings. The van der Waals surface area contributed by atoms with Gasteiger partial charge in [-0.15, -0.1) is 0 Å². The highest BCUT2D eigenvalue weighted by atomic mass is 79.9. The fourth-order valence-corrected chi connectivity index (χ4v) is 0.954. The third-order valence-corrected chi connectivity index (χ3v) is 2.53. The zero-order valence-corrected chi connectivity index (χ0v) is 11.3. The summed E-state index contributed by atoms with van der Waals surface area (Å²) in [7, 11) is 2.05. The third-order valence-electron chi connectivity index (χ3n) is 2.17. The van der Waals surface area contributed by atoms with Gasteiger partial charge in [0.25, 0.3) is 0 Å². The molecule has 0 radical (unpaired) electrons. The van der Waals surface area contributed by atoms with Gasteiger partial charge in [-0.05, 0) is 34.7 Å².